The fourth-order valence-electron chi connectivity index (χ4n) is 9.54. The number of pyridine rings is 2. The Hall–Kier alpha value is -5.02. The summed E-state index contributed by atoms with van der Waals surface area (Å²) in [5.41, 5.74) is 16.5. The molecule has 0 atom stereocenters. The Bertz CT molecular complexity index is 2300. The number of nitrogens with two attached hydrogens (primary N) is 2. The number of hydrogen-bond donors (Lipinski definition) is 6. The van der Waals surface area contributed by atoms with E-state index in [0.29, 0.717) is 46.8 Å². The van der Waals surface area contributed by atoms with Crippen LogP contribution >= 0.6 is 31.9 Å². The van der Waals surface area contributed by atoms with E-state index < -0.39 is 7.05 Å². The molecule has 4 aliphatic rings. The van der Waals surface area contributed by atoms with Crippen molar-refractivity contribution in [3.63, 3.8) is 0 Å². The maximum absolute atomic E-state index is 13.2. The molecule has 8 rings (SSSR count). The number of piperidine rings is 4. The van der Waals surface area contributed by atoms with Crippen LogP contribution in [0.25, 0.3) is 0 Å². The van der Waals surface area contributed by atoms with Crippen LogP contribution in [-0.2, 0) is 22.7 Å². The molecule has 2 aromatic heterocycles. The molecule has 4 saturated heterocycles. The maximum Gasteiger partial charge on any atom is 0.408 e. The van der Waals surface area contributed by atoms with Crippen molar-refractivity contribution in [3.8, 4) is 0 Å². The molecule has 2 aromatic carbocycles. The Kier molecular flexibility index (Phi) is 17.7. The fourth-order valence-corrected chi connectivity index (χ4v) is 10.3. The quantitative estimate of drug-likeness (QED) is 0.0347. The van der Waals surface area contributed by atoms with Crippen molar-refractivity contribution in [2.24, 2.45) is 11.8 Å². The Balaban J connectivity index is 0.000000201. The minimum Gasteiger partial charge on any atom is -0.433 e. The van der Waals surface area contributed by atoms with Gasteiger partial charge >= 0.3 is 7.05 Å². The van der Waals surface area contributed by atoms with Gasteiger partial charge in [-0.3, -0.25) is 29.5 Å². The number of carbonyl (C=O) groups excluding carboxylic acids is 2. The van der Waals surface area contributed by atoms with Crippen molar-refractivity contribution in [2.45, 2.75) is 83.4 Å². The average molecular weight is 1050 g/mol. The number of nitrogens with zero attached hydrogens (tertiary/aromatic N) is 7. The van der Waals surface area contributed by atoms with E-state index >= 15 is 0 Å². The first-order chi connectivity index (χ1) is 32.3. The molecule has 8 N–H and O–H groups in total. The molecule has 0 unspecified atom stereocenters. The second-order valence-electron chi connectivity index (χ2n) is 18.2. The maximum atomic E-state index is 13.2. The van der Waals surface area contributed by atoms with Crippen LogP contribution in [0.15, 0.2) is 82.0 Å². The number of anilines is 5. The lowest BCUT2D eigenvalue weighted by Gasteiger charge is -2.37. The number of nitro groups is 1. The van der Waals surface area contributed by atoms with Crippen LogP contribution in [0.4, 0.5) is 34.4 Å². The number of rotatable bonds is 13. The van der Waals surface area contributed by atoms with E-state index in [2.05, 4.69) is 72.4 Å². The molecule has 17 nitrogen and oxygen atoms in total. The van der Waals surface area contributed by atoms with E-state index in [1.54, 1.807) is 31.3 Å². The molecule has 4 aromatic rings. The molecular formula is C47H63BBr2N12O5. The summed E-state index contributed by atoms with van der Waals surface area (Å²) < 4.78 is 1.65. The zero-order chi connectivity index (χ0) is 47.5. The highest BCUT2D eigenvalue weighted by molar-refractivity contribution is 9.10. The van der Waals surface area contributed by atoms with Crippen molar-refractivity contribution < 1.29 is 19.5 Å². The molecule has 4 aliphatic heterocycles. The largest absolute Gasteiger partial charge is 0.433 e. The second-order valence-corrected chi connectivity index (χ2v) is 20.0. The van der Waals surface area contributed by atoms with Crippen LogP contribution in [0.5, 0.6) is 0 Å². The van der Waals surface area contributed by atoms with E-state index in [1.807, 2.05) is 47.4 Å². The summed E-state index contributed by atoms with van der Waals surface area (Å²) in [4.78, 5) is 54.3. The predicted octanol–water partition coefficient (Wildman–Crippen LogP) is 6.91. The fraction of sp³-hybridized carbons (Fsp3) is 0.489. The molecule has 0 aliphatic carbocycles. The van der Waals surface area contributed by atoms with E-state index in [9.17, 15) is 24.7 Å². The van der Waals surface area contributed by atoms with Crippen LogP contribution in [-0.4, -0.2) is 123 Å². The number of hydrogen-bond acceptors (Lipinski definition) is 14. The van der Waals surface area contributed by atoms with Gasteiger partial charge in [-0.05, 0) is 150 Å². The van der Waals surface area contributed by atoms with Crippen LogP contribution in [0.1, 0.15) is 62.5 Å². The van der Waals surface area contributed by atoms with Gasteiger partial charge in [-0.1, -0.05) is 31.9 Å². The first-order valence-electron chi connectivity index (χ1n) is 23.4. The van der Waals surface area contributed by atoms with Gasteiger partial charge in [0.1, 0.15) is 17.3 Å². The Morgan fingerprint density at radius 1 is 0.701 bits per heavy atom. The van der Waals surface area contributed by atoms with Gasteiger partial charge in [0, 0.05) is 90.6 Å². The topological polar surface area (TPSA) is 224 Å². The average Bonchev–Trinajstić information content (AvgIpc) is 3.31. The van der Waals surface area contributed by atoms with Crippen molar-refractivity contribution in [1.82, 2.24) is 29.6 Å². The van der Waals surface area contributed by atoms with E-state index in [-0.39, 0.29) is 34.4 Å². The summed E-state index contributed by atoms with van der Waals surface area (Å²) in [5, 5.41) is 30.6. The van der Waals surface area contributed by atoms with Gasteiger partial charge in [0.2, 0.25) is 11.8 Å². The van der Waals surface area contributed by atoms with Gasteiger partial charge in [0.15, 0.2) is 0 Å². The van der Waals surface area contributed by atoms with Crippen molar-refractivity contribution >= 4 is 85.1 Å². The van der Waals surface area contributed by atoms with Crippen LogP contribution in [0.2, 0.25) is 6.82 Å². The molecule has 2 amide bonds. The van der Waals surface area contributed by atoms with Gasteiger partial charge in [-0.2, -0.15) is 0 Å². The summed E-state index contributed by atoms with van der Waals surface area (Å²) in [7, 11) is -0.658. The third-order valence-corrected chi connectivity index (χ3v) is 14.2. The van der Waals surface area contributed by atoms with Crippen molar-refractivity contribution in [3.05, 3.63) is 103 Å². The molecule has 0 spiro atoms. The van der Waals surface area contributed by atoms with Crippen LogP contribution < -0.4 is 27.3 Å². The van der Waals surface area contributed by atoms with Gasteiger partial charge < -0.3 is 42.2 Å². The minimum atomic E-state index is -0.658. The van der Waals surface area contributed by atoms with Crippen molar-refractivity contribution in [2.75, 3.05) is 79.7 Å². The number of nitrogen functional groups attached to an aromatic ring is 2. The molecule has 0 radical (unpaired) electrons. The van der Waals surface area contributed by atoms with Gasteiger partial charge in [0.25, 0.3) is 5.69 Å². The molecule has 6 heterocycles. The normalized spacial score (nSPS) is 18.1. The zero-order valence-corrected chi connectivity index (χ0v) is 41.3. The summed E-state index contributed by atoms with van der Waals surface area (Å²) >= 11 is 6.73. The number of aromatic nitrogens is 2. The number of benzene rings is 2. The standard InChI is InChI=1S/C24H32BBrN6O4.C23H31BrN6O/c1-25(34)29-23-14-17(4-9-27-23)16-30-10-5-18(6-11-30)24(33)31-12-7-20(8-13-31)28-21-3-2-19(26)15-22(21)32(35)36;24-18-1-2-21(20(25)14-18)28-19-6-11-30(12-7-19)23(31)17-4-9-29(10-5-17)15-16-3-8-27-22(26)13-16/h2-4,9,14-15,18,20,28,34H,5-8,10-13,16H2,1H3,(H,27,29);1-3,8,13-14,17,19,28H,4-7,9-12,15,25H2,(H2,26,27). The Labute approximate surface area is 410 Å². The van der Waals surface area contributed by atoms with E-state index in [1.165, 1.54) is 11.6 Å². The first kappa shape index (κ1) is 49.9. The molecule has 20 heteroatoms. The van der Waals surface area contributed by atoms with Gasteiger partial charge in [-0.15, -0.1) is 0 Å². The highest BCUT2D eigenvalue weighted by Gasteiger charge is 2.33. The van der Waals surface area contributed by atoms with Crippen LogP contribution in [0, 0.1) is 22.0 Å². The molecule has 0 saturated carbocycles. The lowest BCUT2D eigenvalue weighted by atomic mass is 9.89. The van der Waals surface area contributed by atoms with Crippen LogP contribution in [0.3, 0.4) is 0 Å². The third kappa shape index (κ3) is 14.5. The number of halogens is 2. The molecule has 4 fully saturated rings. The SMILES string of the molecule is CB(O)Nc1cc(CN2CCC(C(=O)N3CCC(Nc4ccc(Br)cc4[N+](=O)[O-])CC3)CC2)ccn1.Nc1cc(CN2CCC(C(=O)N3CCC(Nc4ccc(Br)cc4N)CC3)CC2)ccn1. The van der Waals surface area contributed by atoms with Crippen molar-refractivity contribution in [1.29, 1.82) is 0 Å². The Morgan fingerprint density at radius 2 is 1.18 bits per heavy atom. The molecule has 67 heavy (non-hydrogen) atoms. The smallest absolute Gasteiger partial charge is 0.408 e. The number of carbonyl (C=O) groups is 2. The summed E-state index contributed by atoms with van der Waals surface area (Å²) in [6.07, 6.45) is 10.4. The third-order valence-electron chi connectivity index (χ3n) is 13.2. The number of nitrogens with one attached hydrogen (secondary N) is 3. The molecule has 358 valence electrons. The monoisotopic (exact) mass is 1040 g/mol. The van der Waals surface area contributed by atoms with E-state index in [0.717, 1.165) is 125 Å². The predicted molar refractivity (Wildman–Crippen MR) is 272 cm³/mol. The van der Waals surface area contributed by atoms with Gasteiger partial charge in [-0.25, -0.2) is 9.97 Å². The summed E-state index contributed by atoms with van der Waals surface area (Å²) in [6.45, 7) is 9.87. The second kappa shape index (κ2) is 23.8. The van der Waals surface area contributed by atoms with Gasteiger partial charge in [0.05, 0.1) is 16.3 Å². The number of likely N-dealkylation sites (tertiary alicyclic amines) is 4. The van der Waals surface area contributed by atoms with E-state index in [4.69, 9.17) is 11.5 Å². The lowest BCUT2D eigenvalue weighted by Crippen LogP contribution is -2.47. The number of nitro benzene ring substituents is 1. The zero-order valence-electron chi connectivity index (χ0n) is 38.2. The summed E-state index contributed by atoms with van der Waals surface area (Å²) in [5.74, 6) is 1.96. The highest BCUT2D eigenvalue weighted by Crippen LogP contribution is 2.32. The molecular weight excluding hydrogens is 983 g/mol. The Morgan fingerprint density at radius 3 is 1.67 bits per heavy atom. The first-order valence-corrected chi connectivity index (χ1v) is 25.0. The number of amides is 2. The summed E-state index contributed by atoms with van der Waals surface area (Å²) in [6, 6.07) is 19.3. The molecule has 0 bridgehead atoms. The lowest BCUT2D eigenvalue weighted by molar-refractivity contribution is -0.384. The minimum absolute atomic E-state index is 0.0447. The highest BCUT2D eigenvalue weighted by atomic mass is 79.9.